The van der Waals surface area contributed by atoms with Gasteiger partial charge >= 0.3 is 5.97 Å². The van der Waals surface area contributed by atoms with Crippen molar-refractivity contribution in [3.8, 4) is 17.2 Å². The molecule has 0 fully saturated rings. The Bertz CT molecular complexity index is 761. The quantitative estimate of drug-likeness (QED) is 0.900. The molecule has 1 N–H and O–H groups in total. The molecule has 0 bridgehead atoms. The van der Waals surface area contributed by atoms with Crippen LogP contribution in [0.25, 0.3) is 0 Å². The van der Waals surface area contributed by atoms with Gasteiger partial charge < -0.3 is 19.3 Å². The Balaban J connectivity index is 1.92. The minimum atomic E-state index is -0.898. The number of carbonyl (C=O) groups is 1. The summed E-state index contributed by atoms with van der Waals surface area (Å²) < 4.78 is 16.2. The zero-order valence-electron chi connectivity index (χ0n) is 14.3. The Morgan fingerprint density at radius 1 is 1.16 bits per heavy atom. The first-order valence-electron chi connectivity index (χ1n) is 8.03. The summed E-state index contributed by atoms with van der Waals surface area (Å²) in [7, 11) is 3.17. The molecule has 0 aliphatic carbocycles. The molecule has 0 amide bonds. The van der Waals surface area contributed by atoms with Crippen LogP contribution in [-0.4, -0.2) is 43.3 Å². The molecule has 2 aromatic carbocycles. The first kappa shape index (κ1) is 17.1. The number of hydrogen-bond donors (Lipinski definition) is 1. The lowest BCUT2D eigenvalue weighted by atomic mass is 10.0. The van der Waals surface area contributed by atoms with Crippen molar-refractivity contribution in [2.75, 3.05) is 27.4 Å². The van der Waals surface area contributed by atoms with Gasteiger partial charge in [-0.15, -0.1) is 0 Å². The van der Waals surface area contributed by atoms with Crippen LogP contribution in [0.3, 0.4) is 0 Å². The molecule has 132 valence electrons. The number of rotatable bonds is 5. The third-order valence-corrected chi connectivity index (χ3v) is 4.29. The van der Waals surface area contributed by atoms with Crippen LogP contribution in [0.1, 0.15) is 17.2 Å². The Kier molecular flexibility index (Phi) is 5.09. The summed E-state index contributed by atoms with van der Waals surface area (Å²) in [4.78, 5) is 13.9. The fourth-order valence-corrected chi connectivity index (χ4v) is 3.04. The van der Waals surface area contributed by atoms with Gasteiger partial charge in [0.05, 0.1) is 14.2 Å². The number of carboxylic acids is 1. The van der Waals surface area contributed by atoms with Crippen molar-refractivity contribution < 1.29 is 24.1 Å². The van der Waals surface area contributed by atoms with E-state index in [1.165, 1.54) is 0 Å². The van der Waals surface area contributed by atoms with Crippen LogP contribution in [0, 0.1) is 0 Å². The van der Waals surface area contributed by atoms with E-state index in [1.54, 1.807) is 32.4 Å². The Hall–Kier alpha value is -2.73. The maximum absolute atomic E-state index is 12.0. The molecule has 6 nitrogen and oxygen atoms in total. The molecule has 0 saturated carbocycles. The molecule has 0 saturated heterocycles. The second-order valence-corrected chi connectivity index (χ2v) is 5.81. The molecule has 1 unspecified atom stereocenters. The molecule has 1 heterocycles. The van der Waals surface area contributed by atoms with E-state index in [0.29, 0.717) is 31.0 Å². The fraction of sp³-hybridized carbons (Fsp3) is 0.316. The van der Waals surface area contributed by atoms with E-state index in [9.17, 15) is 9.90 Å². The van der Waals surface area contributed by atoms with Gasteiger partial charge in [0.25, 0.3) is 0 Å². The summed E-state index contributed by atoms with van der Waals surface area (Å²) in [5.41, 5.74) is 1.62. The molecule has 6 heteroatoms. The standard InChI is InChI=1S/C19H21NO5/c1-23-15-5-3-4-13(10-15)18(19(21)22)20-8-9-25-17-11-16(24-2)7-6-14(17)12-20/h3-7,10-11,18H,8-9,12H2,1-2H3,(H,21,22). The number of hydrogen-bond acceptors (Lipinski definition) is 5. The second-order valence-electron chi connectivity index (χ2n) is 5.81. The first-order chi connectivity index (χ1) is 12.1. The third-order valence-electron chi connectivity index (χ3n) is 4.29. The maximum Gasteiger partial charge on any atom is 0.325 e. The summed E-state index contributed by atoms with van der Waals surface area (Å²) in [6, 6.07) is 12.0. The summed E-state index contributed by atoms with van der Waals surface area (Å²) in [5, 5.41) is 9.82. The van der Waals surface area contributed by atoms with Gasteiger partial charge in [-0.3, -0.25) is 9.69 Å². The van der Waals surface area contributed by atoms with E-state index in [1.807, 2.05) is 29.2 Å². The molecular weight excluding hydrogens is 322 g/mol. The number of carboxylic acid groups (broad SMARTS) is 1. The average molecular weight is 343 g/mol. The van der Waals surface area contributed by atoms with Gasteiger partial charge in [0.15, 0.2) is 0 Å². The predicted octanol–water partition coefficient (Wildman–Crippen LogP) is 2.72. The molecule has 0 radical (unpaired) electrons. The zero-order valence-corrected chi connectivity index (χ0v) is 14.3. The molecule has 1 aliphatic heterocycles. The van der Waals surface area contributed by atoms with E-state index >= 15 is 0 Å². The lowest BCUT2D eigenvalue weighted by Gasteiger charge is -2.27. The summed E-state index contributed by atoms with van der Waals surface area (Å²) in [6.07, 6.45) is 0. The van der Waals surface area contributed by atoms with Crippen molar-refractivity contribution >= 4 is 5.97 Å². The fourth-order valence-electron chi connectivity index (χ4n) is 3.04. The lowest BCUT2D eigenvalue weighted by molar-refractivity contribution is -0.144. The second kappa shape index (κ2) is 7.44. The predicted molar refractivity (Wildman–Crippen MR) is 92.3 cm³/mol. The number of fused-ring (bicyclic) bond motifs is 1. The van der Waals surface area contributed by atoms with Crippen LogP contribution >= 0.6 is 0 Å². The third kappa shape index (κ3) is 3.69. The topological polar surface area (TPSA) is 68.2 Å². The highest BCUT2D eigenvalue weighted by molar-refractivity contribution is 5.75. The average Bonchev–Trinajstić information content (AvgIpc) is 2.83. The lowest BCUT2D eigenvalue weighted by Crippen LogP contribution is -2.35. The van der Waals surface area contributed by atoms with E-state index in [-0.39, 0.29) is 0 Å². The Morgan fingerprint density at radius 3 is 2.64 bits per heavy atom. The van der Waals surface area contributed by atoms with E-state index < -0.39 is 12.0 Å². The van der Waals surface area contributed by atoms with Crippen LogP contribution in [0.5, 0.6) is 17.2 Å². The van der Waals surface area contributed by atoms with Crippen LogP contribution in [0.2, 0.25) is 0 Å². The monoisotopic (exact) mass is 343 g/mol. The van der Waals surface area contributed by atoms with Crippen LogP contribution in [-0.2, 0) is 11.3 Å². The van der Waals surface area contributed by atoms with E-state index in [4.69, 9.17) is 14.2 Å². The Labute approximate surface area is 146 Å². The number of methoxy groups -OCH3 is 2. The highest BCUT2D eigenvalue weighted by Gasteiger charge is 2.30. The van der Waals surface area contributed by atoms with Crippen molar-refractivity contribution in [2.24, 2.45) is 0 Å². The van der Waals surface area contributed by atoms with Crippen molar-refractivity contribution in [3.05, 3.63) is 53.6 Å². The maximum atomic E-state index is 12.0. The van der Waals surface area contributed by atoms with Gasteiger partial charge in [0.1, 0.15) is 29.9 Å². The van der Waals surface area contributed by atoms with E-state index in [2.05, 4.69) is 0 Å². The SMILES string of the molecule is COc1cccc(C(C(=O)O)N2CCOc3cc(OC)ccc3C2)c1. The van der Waals surface area contributed by atoms with Gasteiger partial charge in [-0.05, 0) is 23.8 Å². The van der Waals surface area contributed by atoms with Crippen LogP contribution < -0.4 is 14.2 Å². The van der Waals surface area contributed by atoms with E-state index in [0.717, 1.165) is 17.1 Å². The smallest absolute Gasteiger partial charge is 0.325 e. The van der Waals surface area contributed by atoms with Crippen molar-refractivity contribution in [2.45, 2.75) is 12.6 Å². The molecule has 2 aromatic rings. The van der Waals surface area contributed by atoms with Gasteiger partial charge in [-0.2, -0.15) is 0 Å². The van der Waals surface area contributed by atoms with Crippen molar-refractivity contribution in [3.63, 3.8) is 0 Å². The molecule has 0 spiro atoms. The molecule has 0 aromatic heterocycles. The first-order valence-corrected chi connectivity index (χ1v) is 8.03. The molecule has 25 heavy (non-hydrogen) atoms. The zero-order chi connectivity index (χ0) is 17.8. The molecular formula is C19H21NO5. The highest BCUT2D eigenvalue weighted by atomic mass is 16.5. The van der Waals surface area contributed by atoms with Gasteiger partial charge in [-0.25, -0.2) is 0 Å². The number of nitrogens with zero attached hydrogens (tertiary/aromatic N) is 1. The van der Waals surface area contributed by atoms with Crippen molar-refractivity contribution in [1.29, 1.82) is 0 Å². The summed E-state index contributed by atoms with van der Waals surface area (Å²) >= 11 is 0. The molecule has 3 rings (SSSR count). The molecule has 1 aliphatic rings. The minimum Gasteiger partial charge on any atom is -0.497 e. The van der Waals surface area contributed by atoms with Crippen LogP contribution in [0.4, 0.5) is 0 Å². The van der Waals surface area contributed by atoms with Gasteiger partial charge in [0.2, 0.25) is 0 Å². The minimum absolute atomic E-state index is 0.411. The number of ether oxygens (including phenoxy) is 3. The highest BCUT2D eigenvalue weighted by Crippen LogP contribution is 2.32. The summed E-state index contributed by atoms with van der Waals surface area (Å²) in [6.45, 7) is 1.40. The summed E-state index contributed by atoms with van der Waals surface area (Å²) in [5.74, 6) is 1.19. The van der Waals surface area contributed by atoms with Crippen LogP contribution in [0.15, 0.2) is 42.5 Å². The van der Waals surface area contributed by atoms with Gasteiger partial charge in [-0.1, -0.05) is 18.2 Å². The van der Waals surface area contributed by atoms with Gasteiger partial charge in [0, 0.05) is 24.7 Å². The molecule has 1 atom stereocenters. The largest absolute Gasteiger partial charge is 0.497 e. The normalized spacial score (nSPS) is 15.4. The van der Waals surface area contributed by atoms with Crippen molar-refractivity contribution in [1.82, 2.24) is 4.90 Å². The Morgan fingerprint density at radius 2 is 1.92 bits per heavy atom. The number of aliphatic carboxylic acids is 1. The number of benzene rings is 2.